The minimum atomic E-state index is -1.26. The van der Waals surface area contributed by atoms with E-state index in [0.717, 1.165) is 0 Å². The first-order valence-electron chi connectivity index (χ1n) is 5.65. The number of aliphatic hydroxyl groups excluding tert-OH is 1. The standard InChI is InChI=1S/C13H12ClFN2O3/c1-19-9-6-16-11(13(17-9)20-2)12(18)7-4-3-5-8(15)10(7)14/h3-6,12,18H,1-2H3. The van der Waals surface area contributed by atoms with Crippen molar-refractivity contribution in [1.82, 2.24) is 9.97 Å². The summed E-state index contributed by atoms with van der Waals surface area (Å²) in [6.07, 6.45) is 0.0698. The summed E-state index contributed by atoms with van der Waals surface area (Å²) in [6.45, 7) is 0. The number of aromatic nitrogens is 2. The van der Waals surface area contributed by atoms with Crippen LogP contribution in [0.2, 0.25) is 5.02 Å². The highest BCUT2D eigenvalue weighted by atomic mass is 35.5. The molecule has 0 bridgehead atoms. The molecule has 1 atom stereocenters. The van der Waals surface area contributed by atoms with Crippen LogP contribution in [0.1, 0.15) is 17.4 Å². The molecule has 0 aliphatic rings. The molecule has 0 aliphatic carbocycles. The largest absolute Gasteiger partial charge is 0.480 e. The SMILES string of the molecule is COc1cnc(C(O)c2cccc(F)c2Cl)c(OC)n1. The molecule has 1 N–H and O–H groups in total. The van der Waals surface area contributed by atoms with Crippen LogP contribution in [0, 0.1) is 5.82 Å². The molecule has 1 unspecified atom stereocenters. The minimum absolute atomic E-state index is 0.0807. The van der Waals surface area contributed by atoms with Crippen LogP contribution in [0.15, 0.2) is 24.4 Å². The van der Waals surface area contributed by atoms with E-state index in [1.54, 1.807) is 0 Å². The molecule has 7 heteroatoms. The molecule has 0 saturated carbocycles. The topological polar surface area (TPSA) is 64.5 Å². The molecule has 1 aromatic heterocycles. The second-order valence-corrected chi connectivity index (χ2v) is 4.23. The van der Waals surface area contributed by atoms with E-state index in [1.807, 2.05) is 0 Å². The van der Waals surface area contributed by atoms with Gasteiger partial charge in [0.15, 0.2) is 0 Å². The number of ether oxygens (including phenoxy) is 2. The molecule has 2 rings (SSSR count). The first-order chi connectivity index (χ1) is 9.58. The van der Waals surface area contributed by atoms with Crippen molar-refractivity contribution >= 4 is 11.6 Å². The van der Waals surface area contributed by atoms with Gasteiger partial charge in [0.1, 0.15) is 17.6 Å². The molecule has 0 aliphatic heterocycles. The van der Waals surface area contributed by atoms with Crippen LogP contribution < -0.4 is 9.47 Å². The third kappa shape index (κ3) is 2.66. The number of halogens is 2. The fourth-order valence-corrected chi connectivity index (χ4v) is 1.91. The predicted octanol–water partition coefficient (Wildman–Crippen LogP) is 2.37. The van der Waals surface area contributed by atoms with Crippen molar-refractivity contribution < 1.29 is 19.0 Å². The van der Waals surface area contributed by atoms with E-state index in [0.29, 0.717) is 0 Å². The fourth-order valence-electron chi connectivity index (χ4n) is 1.68. The molecule has 2 aromatic rings. The lowest BCUT2D eigenvalue weighted by Crippen LogP contribution is -2.08. The van der Waals surface area contributed by atoms with Gasteiger partial charge in [0, 0.05) is 5.56 Å². The monoisotopic (exact) mass is 298 g/mol. The summed E-state index contributed by atoms with van der Waals surface area (Å²) >= 11 is 5.84. The van der Waals surface area contributed by atoms with Gasteiger partial charge in [0.25, 0.3) is 0 Å². The average molecular weight is 299 g/mol. The van der Waals surface area contributed by atoms with Crippen LogP contribution in [0.25, 0.3) is 0 Å². The van der Waals surface area contributed by atoms with E-state index in [9.17, 15) is 9.50 Å². The van der Waals surface area contributed by atoms with Gasteiger partial charge in [-0.1, -0.05) is 23.7 Å². The molecule has 0 fully saturated rings. The van der Waals surface area contributed by atoms with E-state index < -0.39 is 11.9 Å². The van der Waals surface area contributed by atoms with E-state index in [-0.39, 0.29) is 28.0 Å². The lowest BCUT2D eigenvalue weighted by molar-refractivity contribution is 0.206. The molecule has 0 spiro atoms. The van der Waals surface area contributed by atoms with Gasteiger partial charge in [-0.15, -0.1) is 0 Å². The van der Waals surface area contributed by atoms with Crippen LogP contribution in [-0.4, -0.2) is 29.3 Å². The van der Waals surface area contributed by atoms with Gasteiger partial charge in [0.2, 0.25) is 11.8 Å². The Hall–Kier alpha value is -1.92. The summed E-state index contributed by atoms with van der Waals surface area (Å²) in [5.74, 6) is -0.302. The highest BCUT2D eigenvalue weighted by Gasteiger charge is 2.22. The van der Waals surface area contributed by atoms with Gasteiger partial charge >= 0.3 is 0 Å². The normalized spacial score (nSPS) is 12.1. The van der Waals surface area contributed by atoms with Crippen molar-refractivity contribution in [2.24, 2.45) is 0 Å². The van der Waals surface area contributed by atoms with Crippen LogP contribution in [0.5, 0.6) is 11.8 Å². The maximum absolute atomic E-state index is 13.4. The smallest absolute Gasteiger partial charge is 0.241 e. The van der Waals surface area contributed by atoms with E-state index in [2.05, 4.69) is 9.97 Å². The van der Waals surface area contributed by atoms with Gasteiger partial charge in [-0.05, 0) is 6.07 Å². The molecule has 1 heterocycles. The summed E-state index contributed by atoms with van der Waals surface area (Å²) in [5, 5.41) is 10.1. The first kappa shape index (κ1) is 14.5. The summed E-state index contributed by atoms with van der Waals surface area (Å²) < 4.78 is 23.4. The van der Waals surface area contributed by atoms with Gasteiger partial charge < -0.3 is 14.6 Å². The summed E-state index contributed by atoms with van der Waals surface area (Å²) in [4.78, 5) is 8.03. The van der Waals surface area contributed by atoms with Crippen molar-refractivity contribution in [1.29, 1.82) is 0 Å². The molecule has 0 radical (unpaired) electrons. The zero-order valence-electron chi connectivity index (χ0n) is 10.8. The quantitative estimate of drug-likeness (QED) is 0.939. The van der Waals surface area contributed by atoms with Gasteiger partial charge in [-0.3, -0.25) is 0 Å². The summed E-state index contributed by atoms with van der Waals surface area (Å²) in [6, 6.07) is 4.15. The highest BCUT2D eigenvalue weighted by molar-refractivity contribution is 6.31. The van der Waals surface area contributed by atoms with E-state index in [1.165, 1.54) is 38.6 Å². The first-order valence-corrected chi connectivity index (χ1v) is 6.03. The van der Waals surface area contributed by atoms with Crippen LogP contribution >= 0.6 is 11.6 Å². The maximum Gasteiger partial charge on any atom is 0.241 e. The molecule has 5 nitrogen and oxygen atoms in total. The summed E-state index contributed by atoms with van der Waals surface area (Å²) in [7, 11) is 2.82. The Morgan fingerprint density at radius 2 is 2.05 bits per heavy atom. The minimum Gasteiger partial charge on any atom is -0.480 e. The lowest BCUT2D eigenvalue weighted by atomic mass is 10.1. The van der Waals surface area contributed by atoms with Crippen LogP contribution in [0.3, 0.4) is 0 Å². The Kier molecular flexibility index (Phi) is 4.36. The average Bonchev–Trinajstić information content (AvgIpc) is 2.48. The van der Waals surface area contributed by atoms with Crippen molar-refractivity contribution in [3.8, 4) is 11.8 Å². The third-order valence-corrected chi connectivity index (χ3v) is 3.08. The van der Waals surface area contributed by atoms with Crippen molar-refractivity contribution in [2.45, 2.75) is 6.10 Å². The van der Waals surface area contributed by atoms with E-state index in [4.69, 9.17) is 21.1 Å². The molecular weight excluding hydrogens is 287 g/mol. The number of hydrogen-bond donors (Lipinski definition) is 1. The second-order valence-electron chi connectivity index (χ2n) is 3.85. The molecular formula is C13H12ClFN2O3. The number of nitrogens with zero attached hydrogens (tertiary/aromatic N) is 2. The zero-order chi connectivity index (χ0) is 14.7. The van der Waals surface area contributed by atoms with Gasteiger partial charge in [0.05, 0.1) is 25.4 Å². The number of benzene rings is 1. The highest BCUT2D eigenvalue weighted by Crippen LogP contribution is 2.33. The van der Waals surface area contributed by atoms with Crippen molar-refractivity contribution in [3.05, 3.63) is 46.5 Å². The zero-order valence-corrected chi connectivity index (χ0v) is 11.6. The van der Waals surface area contributed by atoms with Gasteiger partial charge in [-0.2, -0.15) is 4.98 Å². The van der Waals surface area contributed by atoms with Gasteiger partial charge in [-0.25, -0.2) is 9.37 Å². The number of hydrogen-bond acceptors (Lipinski definition) is 5. The van der Waals surface area contributed by atoms with Crippen LogP contribution in [-0.2, 0) is 0 Å². The molecule has 1 aromatic carbocycles. The number of rotatable bonds is 4. The number of methoxy groups -OCH3 is 2. The molecule has 0 amide bonds. The lowest BCUT2D eigenvalue weighted by Gasteiger charge is -2.15. The third-order valence-electron chi connectivity index (χ3n) is 2.68. The fraction of sp³-hybridized carbons (Fsp3) is 0.231. The Bertz CT molecular complexity index is 625. The van der Waals surface area contributed by atoms with Crippen LogP contribution in [0.4, 0.5) is 4.39 Å². The number of aliphatic hydroxyl groups is 1. The Morgan fingerprint density at radius 1 is 1.30 bits per heavy atom. The maximum atomic E-state index is 13.4. The molecule has 0 saturated heterocycles. The molecule has 106 valence electrons. The Labute approximate surface area is 120 Å². The Balaban J connectivity index is 2.47. The molecule has 20 heavy (non-hydrogen) atoms. The predicted molar refractivity (Wildman–Crippen MR) is 70.6 cm³/mol. The van der Waals surface area contributed by atoms with Crippen molar-refractivity contribution in [3.63, 3.8) is 0 Å². The second kappa shape index (κ2) is 6.02. The van der Waals surface area contributed by atoms with E-state index >= 15 is 0 Å². The Morgan fingerprint density at radius 3 is 2.70 bits per heavy atom. The summed E-state index contributed by atoms with van der Waals surface area (Å²) in [5.41, 5.74) is 0.310. The van der Waals surface area contributed by atoms with Crippen molar-refractivity contribution in [2.75, 3.05) is 14.2 Å².